The van der Waals surface area contributed by atoms with E-state index in [1.807, 2.05) is 48.0 Å². The molecule has 1 aliphatic heterocycles. The number of aryl methyl sites for hydroxylation is 1. The number of nitrogens with zero attached hydrogens (tertiary/aromatic N) is 2. The first-order chi connectivity index (χ1) is 11.1. The second kappa shape index (κ2) is 8.86. The third kappa shape index (κ3) is 5.49. The minimum absolute atomic E-state index is 0.00517. The van der Waals surface area contributed by atoms with Gasteiger partial charge in [-0.1, -0.05) is 17.7 Å². The molecule has 0 saturated carbocycles. The second-order valence-electron chi connectivity index (χ2n) is 5.90. The normalized spacial score (nSPS) is 18.3. The van der Waals surface area contributed by atoms with E-state index in [0.29, 0.717) is 38.6 Å². The van der Waals surface area contributed by atoms with E-state index in [4.69, 9.17) is 14.6 Å². The average Bonchev–Trinajstić information content (AvgIpc) is 2.55. The molecule has 1 aliphatic rings. The van der Waals surface area contributed by atoms with Crippen molar-refractivity contribution in [2.45, 2.75) is 13.0 Å². The molecule has 2 rings (SSSR count). The van der Waals surface area contributed by atoms with Gasteiger partial charge in [0.15, 0.2) is 6.61 Å². The standard InChI is InChI=1S/C17H26N2O4/c1-14-3-5-16(6-4-14)23-13-17(21)19-8-10-22-12-15(19)11-18(2)7-9-20/h3-6,15,20H,7-13H2,1-2H3/t15-/m0/s1. The number of morpholine rings is 1. The number of hydrogen-bond acceptors (Lipinski definition) is 5. The average molecular weight is 322 g/mol. The molecule has 0 spiro atoms. The molecule has 0 aliphatic carbocycles. The summed E-state index contributed by atoms with van der Waals surface area (Å²) in [5.41, 5.74) is 1.16. The topological polar surface area (TPSA) is 62.2 Å². The quantitative estimate of drug-likeness (QED) is 0.793. The highest BCUT2D eigenvalue weighted by Crippen LogP contribution is 2.13. The summed E-state index contributed by atoms with van der Waals surface area (Å²) in [6, 6.07) is 7.65. The molecule has 1 aromatic rings. The maximum Gasteiger partial charge on any atom is 0.260 e. The number of hydrogen-bond donors (Lipinski definition) is 1. The molecule has 128 valence electrons. The summed E-state index contributed by atoms with van der Waals surface area (Å²) in [7, 11) is 1.93. The first kappa shape index (κ1) is 17.7. The van der Waals surface area contributed by atoms with Crippen molar-refractivity contribution >= 4 is 5.91 Å². The zero-order chi connectivity index (χ0) is 16.7. The number of carbonyl (C=O) groups is 1. The van der Waals surface area contributed by atoms with Crippen LogP contribution < -0.4 is 4.74 Å². The summed E-state index contributed by atoms with van der Waals surface area (Å²) in [4.78, 5) is 16.3. The van der Waals surface area contributed by atoms with Gasteiger partial charge in [0.2, 0.25) is 0 Å². The van der Waals surface area contributed by atoms with E-state index in [1.165, 1.54) is 0 Å². The van der Waals surface area contributed by atoms with Crippen LogP contribution >= 0.6 is 0 Å². The van der Waals surface area contributed by atoms with Crippen LogP contribution in [-0.4, -0.2) is 80.0 Å². The fourth-order valence-corrected chi connectivity index (χ4v) is 2.62. The van der Waals surface area contributed by atoms with E-state index in [-0.39, 0.29) is 25.2 Å². The molecule has 1 heterocycles. The van der Waals surface area contributed by atoms with Gasteiger partial charge in [-0.25, -0.2) is 0 Å². The Kier molecular flexibility index (Phi) is 6.83. The van der Waals surface area contributed by atoms with E-state index in [2.05, 4.69) is 0 Å². The number of aliphatic hydroxyl groups excluding tert-OH is 1. The van der Waals surface area contributed by atoms with Crippen LogP contribution in [0.25, 0.3) is 0 Å². The molecule has 1 atom stereocenters. The maximum absolute atomic E-state index is 12.5. The largest absolute Gasteiger partial charge is 0.484 e. The maximum atomic E-state index is 12.5. The number of amides is 1. The summed E-state index contributed by atoms with van der Waals surface area (Å²) in [5, 5.41) is 9.00. The molecule has 0 aromatic heterocycles. The number of likely N-dealkylation sites (N-methyl/N-ethyl adjacent to an activating group) is 1. The Balaban J connectivity index is 1.88. The highest BCUT2D eigenvalue weighted by Gasteiger charge is 2.28. The molecule has 0 unspecified atom stereocenters. The first-order valence-corrected chi connectivity index (χ1v) is 7.96. The van der Waals surface area contributed by atoms with E-state index in [0.717, 1.165) is 5.56 Å². The van der Waals surface area contributed by atoms with Gasteiger partial charge in [0, 0.05) is 19.6 Å². The number of benzene rings is 1. The van der Waals surface area contributed by atoms with Crippen LogP contribution in [0.2, 0.25) is 0 Å². The first-order valence-electron chi connectivity index (χ1n) is 7.96. The zero-order valence-electron chi connectivity index (χ0n) is 13.9. The molecular formula is C17H26N2O4. The molecule has 1 amide bonds. The highest BCUT2D eigenvalue weighted by atomic mass is 16.5. The van der Waals surface area contributed by atoms with Gasteiger partial charge >= 0.3 is 0 Å². The van der Waals surface area contributed by atoms with Crippen molar-refractivity contribution < 1.29 is 19.4 Å². The Morgan fingerprint density at radius 3 is 2.87 bits per heavy atom. The van der Waals surface area contributed by atoms with Gasteiger partial charge in [-0.2, -0.15) is 0 Å². The van der Waals surface area contributed by atoms with Gasteiger partial charge in [0.25, 0.3) is 5.91 Å². The molecule has 1 aromatic carbocycles. The van der Waals surface area contributed by atoms with Crippen molar-refractivity contribution in [3.05, 3.63) is 29.8 Å². The smallest absolute Gasteiger partial charge is 0.260 e. The Bertz CT molecular complexity index is 492. The van der Waals surface area contributed by atoms with Gasteiger partial charge in [0.1, 0.15) is 5.75 Å². The summed E-state index contributed by atoms with van der Waals surface area (Å²) in [6.45, 7) is 5.06. The van der Waals surface area contributed by atoms with Gasteiger partial charge < -0.3 is 24.4 Å². The SMILES string of the molecule is Cc1ccc(OCC(=O)N2CCOC[C@@H]2CN(C)CCO)cc1. The third-order valence-electron chi connectivity index (χ3n) is 3.94. The van der Waals surface area contributed by atoms with Gasteiger partial charge in [-0.15, -0.1) is 0 Å². The lowest BCUT2D eigenvalue weighted by atomic mass is 10.2. The van der Waals surface area contributed by atoms with Crippen molar-refractivity contribution in [1.82, 2.24) is 9.80 Å². The fourth-order valence-electron chi connectivity index (χ4n) is 2.62. The molecule has 6 nitrogen and oxygen atoms in total. The monoisotopic (exact) mass is 322 g/mol. The number of ether oxygens (including phenoxy) is 2. The second-order valence-corrected chi connectivity index (χ2v) is 5.90. The number of aliphatic hydroxyl groups is 1. The summed E-state index contributed by atoms with van der Waals surface area (Å²) < 4.78 is 11.1. The lowest BCUT2D eigenvalue weighted by molar-refractivity contribution is -0.142. The van der Waals surface area contributed by atoms with Crippen LogP contribution in [0, 0.1) is 6.92 Å². The van der Waals surface area contributed by atoms with Crippen LogP contribution in [0.15, 0.2) is 24.3 Å². The van der Waals surface area contributed by atoms with E-state index < -0.39 is 0 Å². The van der Waals surface area contributed by atoms with Gasteiger partial charge in [0.05, 0.1) is 25.9 Å². The predicted molar refractivity (Wildman–Crippen MR) is 87.6 cm³/mol. The molecular weight excluding hydrogens is 296 g/mol. The fraction of sp³-hybridized carbons (Fsp3) is 0.588. The third-order valence-corrected chi connectivity index (χ3v) is 3.94. The van der Waals surface area contributed by atoms with Crippen molar-refractivity contribution in [2.24, 2.45) is 0 Å². The summed E-state index contributed by atoms with van der Waals surface area (Å²) >= 11 is 0. The van der Waals surface area contributed by atoms with Crippen molar-refractivity contribution in [3.63, 3.8) is 0 Å². The van der Waals surface area contributed by atoms with Crippen molar-refractivity contribution in [2.75, 3.05) is 53.1 Å². The van der Waals surface area contributed by atoms with E-state index in [1.54, 1.807) is 0 Å². The Morgan fingerprint density at radius 2 is 2.17 bits per heavy atom. The lowest BCUT2D eigenvalue weighted by Gasteiger charge is -2.37. The lowest BCUT2D eigenvalue weighted by Crippen LogP contribution is -2.54. The van der Waals surface area contributed by atoms with Gasteiger partial charge in [-0.05, 0) is 26.1 Å². The Hall–Kier alpha value is -1.63. The van der Waals surface area contributed by atoms with Crippen LogP contribution in [-0.2, 0) is 9.53 Å². The Morgan fingerprint density at radius 1 is 1.43 bits per heavy atom. The number of rotatable bonds is 7. The molecule has 1 fully saturated rings. The molecule has 23 heavy (non-hydrogen) atoms. The van der Waals surface area contributed by atoms with Gasteiger partial charge in [-0.3, -0.25) is 4.79 Å². The molecule has 0 radical (unpaired) electrons. The van der Waals surface area contributed by atoms with E-state index in [9.17, 15) is 4.79 Å². The molecule has 0 bridgehead atoms. The van der Waals surface area contributed by atoms with Crippen LogP contribution in [0.1, 0.15) is 5.56 Å². The van der Waals surface area contributed by atoms with E-state index >= 15 is 0 Å². The van der Waals surface area contributed by atoms with Crippen LogP contribution in [0.5, 0.6) is 5.75 Å². The zero-order valence-corrected chi connectivity index (χ0v) is 13.9. The highest BCUT2D eigenvalue weighted by molar-refractivity contribution is 5.78. The minimum atomic E-state index is -0.0312. The molecule has 6 heteroatoms. The summed E-state index contributed by atoms with van der Waals surface area (Å²) in [5.74, 6) is 0.669. The van der Waals surface area contributed by atoms with Crippen molar-refractivity contribution in [3.8, 4) is 5.75 Å². The summed E-state index contributed by atoms with van der Waals surface area (Å²) in [6.07, 6.45) is 0. The van der Waals surface area contributed by atoms with Crippen LogP contribution in [0.3, 0.4) is 0 Å². The minimum Gasteiger partial charge on any atom is -0.484 e. The van der Waals surface area contributed by atoms with Crippen LogP contribution in [0.4, 0.5) is 0 Å². The molecule has 1 saturated heterocycles. The van der Waals surface area contributed by atoms with Crippen molar-refractivity contribution in [1.29, 1.82) is 0 Å². The number of carbonyl (C=O) groups excluding carboxylic acids is 1. The Labute approximate surface area is 137 Å². The molecule has 1 N–H and O–H groups in total. The predicted octanol–water partition coefficient (Wildman–Crippen LogP) is 0.525.